The van der Waals surface area contributed by atoms with Crippen LogP contribution in [0.3, 0.4) is 0 Å². The van der Waals surface area contributed by atoms with Crippen molar-refractivity contribution in [2.24, 2.45) is 0 Å². The molecular formula is C15H22N2O3S. The molecule has 0 saturated heterocycles. The average molecular weight is 310 g/mol. The molecule has 1 rings (SSSR count). The molecular weight excluding hydrogens is 288 g/mol. The first kappa shape index (κ1) is 17.7. The largest absolute Gasteiger partial charge is 0.384 e. The molecule has 0 amide bonds. The van der Waals surface area contributed by atoms with Gasteiger partial charge in [-0.15, -0.1) is 0 Å². The molecule has 0 aliphatic heterocycles. The summed E-state index contributed by atoms with van der Waals surface area (Å²) in [5, 5.41) is 8.68. The van der Waals surface area contributed by atoms with Crippen LogP contribution in [0.15, 0.2) is 29.2 Å². The predicted molar refractivity (Wildman–Crippen MR) is 83.4 cm³/mol. The van der Waals surface area contributed by atoms with Crippen molar-refractivity contribution in [3.63, 3.8) is 0 Å². The van der Waals surface area contributed by atoms with Gasteiger partial charge in [0, 0.05) is 19.2 Å². The zero-order valence-electron chi connectivity index (χ0n) is 12.7. The minimum atomic E-state index is -3.50. The molecule has 0 aliphatic rings. The second-order valence-electron chi connectivity index (χ2n) is 4.97. The topological polar surface area (TPSA) is 60.9 Å². The van der Waals surface area contributed by atoms with Gasteiger partial charge in [0.2, 0.25) is 10.0 Å². The molecule has 0 heterocycles. The predicted octanol–water partition coefficient (Wildman–Crippen LogP) is 0.603. The molecule has 6 heteroatoms. The Kier molecular flexibility index (Phi) is 6.85. The lowest BCUT2D eigenvalue weighted by Crippen LogP contribution is -2.29. The zero-order chi connectivity index (χ0) is 15.9. The van der Waals surface area contributed by atoms with E-state index in [4.69, 9.17) is 5.11 Å². The van der Waals surface area contributed by atoms with Gasteiger partial charge in [-0.2, -0.15) is 0 Å². The SMILES string of the molecule is CN(C)CCCN(C)S(=O)(=O)c1cccc(C#CCO)c1. The molecule has 0 saturated carbocycles. The number of aliphatic hydroxyl groups excluding tert-OH is 1. The molecule has 5 nitrogen and oxygen atoms in total. The van der Waals surface area contributed by atoms with Crippen LogP contribution in [-0.2, 0) is 10.0 Å². The maximum Gasteiger partial charge on any atom is 0.242 e. The molecule has 0 atom stereocenters. The molecule has 0 radical (unpaired) electrons. The lowest BCUT2D eigenvalue weighted by molar-refractivity contribution is 0.350. The van der Waals surface area contributed by atoms with Crippen LogP contribution in [0, 0.1) is 11.8 Å². The lowest BCUT2D eigenvalue weighted by atomic mass is 10.2. The van der Waals surface area contributed by atoms with Crippen molar-refractivity contribution in [2.75, 3.05) is 40.8 Å². The lowest BCUT2D eigenvalue weighted by Gasteiger charge is -2.18. The van der Waals surface area contributed by atoms with Gasteiger partial charge in [0.25, 0.3) is 0 Å². The first-order valence-electron chi connectivity index (χ1n) is 6.69. The Morgan fingerprint density at radius 2 is 1.90 bits per heavy atom. The van der Waals surface area contributed by atoms with Gasteiger partial charge in [-0.1, -0.05) is 17.9 Å². The minimum absolute atomic E-state index is 0.222. The van der Waals surface area contributed by atoms with E-state index in [-0.39, 0.29) is 11.5 Å². The third kappa shape index (κ3) is 5.48. The van der Waals surface area contributed by atoms with Crippen LogP contribution in [-0.4, -0.2) is 63.6 Å². The van der Waals surface area contributed by atoms with Gasteiger partial charge >= 0.3 is 0 Å². The van der Waals surface area contributed by atoms with Gasteiger partial charge in [0.05, 0.1) is 4.90 Å². The number of rotatable bonds is 6. The fourth-order valence-electron chi connectivity index (χ4n) is 1.79. The first-order valence-corrected chi connectivity index (χ1v) is 8.13. The molecule has 0 aromatic heterocycles. The van der Waals surface area contributed by atoms with Crippen molar-refractivity contribution in [3.8, 4) is 11.8 Å². The van der Waals surface area contributed by atoms with Gasteiger partial charge in [0.1, 0.15) is 6.61 Å². The Morgan fingerprint density at radius 3 is 2.52 bits per heavy atom. The van der Waals surface area contributed by atoms with Gasteiger partial charge in [-0.05, 0) is 45.3 Å². The fraction of sp³-hybridized carbons (Fsp3) is 0.467. The maximum absolute atomic E-state index is 12.4. The number of benzene rings is 1. The van der Waals surface area contributed by atoms with E-state index >= 15 is 0 Å². The average Bonchev–Trinajstić information content (AvgIpc) is 2.44. The molecule has 0 spiro atoms. The van der Waals surface area contributed by atoms with Crippen LogP contribution < -0.4 is 0 Å². The summed E-state index contributed by atoms with van der Waals surface area (Å²) in [4.78, 5) is 2.24. The fourth-order valence-corrected chi connectivity index (χ4v) is 3.04. The number of nitrogens with zero attached hydrogens (tertiary/aromatic N) is 2. The highest BCUT2D eigenvalue weighted by Gasteiger charge is 2.20. The molecule has 0 fully saturated rings. The molecule has 0 unspecified atom stereocenters. The summed E-state index contributed by atoms with van der Waals surface area (Å²) >= 11 is 0. The third-order valence-corrected chi connectivity index (χ3v) is 4.79. The Hall–Kier alpha value is -1.39. The zero-order valence-corrected chi connectivity index (χ0v) is 13.5. The van der Waals surface area contributed by atoms with Gasteiger partial charge in [0.15, 0.2) is 0 Å². The van der Waals surface area contributed by atoms with E-state index in [0.29, 0.717) is 12.1 Å². The van der Waals surface area contributed by atoms with Gasteiger partial charge in [-0.3, -0.25) is 0 Å². The van der Waals surface area contributed by atoms with Crippen molar-refractivity contribution in [1.29, 1.82) is 0 Å². The van der Waals surface area contributed by atoms with E-state index < -0.39 is 10.0 Å². The molecule has 0 aliphatic carbocycles. The van der Waals surface area contributed by atoms with E-state index in [0.717, 1.165) is 13.0 Å². The first-order chi connectivity index (χ1) is 9.87. The van der Waals surface area contributed by atoms with Crippen LogP contribution in [0.5, 0.6) is 0 Å². The summed E-state index contributed by atoms with van der Waals surface area (Å²) in [5.41, 5.74) is 0.576. The highest BCUT2D eigenvalue weighted by Crippen LogP contribution is 2.15. The van der Waals surface area contributed by atoms with Crippen molar-refractivity contribution in [2.45, 2.75) is 11.3 Å². The second kappa shape index (κ2) is 8.15. The summed E-state index contributed by atoms with van der Waals surface area (Å²) in [7, 11) is 1.99. The van der Waals surface area contributed by atoms with E-state index in [1.807, 2.05) is 19.0 Å². The summed E-state index contributed by atoms with van der Waals surface area (Å²) in [6.07, 6.45) is 0.771. The van der Waals surface area contributed by atoms with E-state index in [2.05, 4.69) is 11.8 Å². The highest BCUT2D eigenvalue weighted by atomic mass is 32.2. The van der Waals surface area contributed by atoms with Crippen molar-refractivity contribution >= 4 is 10.0 Å². The summed E-state index contributed by atoms with van der Waals surface area (Å²) in [6, 6.07) is 6.46. The van der Waals surface area contributed by atoms with Crippen molar-refractivity contribution < 1.29 is 13.5 Å². The van der Waals surface area contributed by atoms with Crippen LogP contribution in [0.1, 0.15) is 12.0 Å². The molecule has 0 bridgehead atoms. The Balaban J connectivity index is 2.86. The molecule has 21 heavy (non-hydrogen) atoms. The van der Waals surface area contributed by atoms with Gasteiger partial charge < -0.3 is 10.0 Å². The van der Waals surface area contributed by atoms with Crippen LogP contribution in [0.25, 0.3) is 0 Å². The third-order valence-electron chi connectivity index (χ3n) is 2.93. The van der Waals surface area contributed by atoms with Crippen molar-refractivity contribution in [1.82, 2.24) is 9.21 Å². The smallest absolute Gasteiger partial charge is 0.242 e. The molecule has 116 valence electrons. The number of hydrogen-bond acceptors (Lipinski definition) is 4. The molecule has 1 aromatic carbocycles. The second-order valence-corrected chi connectivity index (χ2v) is 7.02. The summed E-state index contributed by atoms with van der Waals surface area (Å²) in [6.45, 7) is 1.05. The van der Waals surface area contributed by atoms with Crippen LogP contribution >= 0.6 is 0 Å². The number of aliphatic hydroxyl groups is 1. The standard InChI is InChI=1S/C15H22N2O3S/c1-16(2)10-6-11-17(3)21(19,20)15-9-4-7-14(13-15)8-5-12-18/h4,7,9,13,18H,6,10-12H2,1-3H3. The Morgan fingerprint density at radius 1 is 1.19 bits per heavy atom. The minimum Gasteiger partial charge on any atom is -0.384 e. The highest BCUT2D eigenvalue weighted by molar-refractivity contribution is 7.89. The van der Waals surface area contributed by atoms with Crippen LogP contribution in [0.2, 0.25) is 0 Å². The normalized spacial score (nSPS) is 11.5. The monoisotopic (exact) mass is 310 g/mol. The maximum atomic E-state index is 12.4. The Bertz CT molecular complexity index is 615. The summed E-state index contributed by atoms with van der Waals surface area (Å²) < 4.78 is 26.3. The molecule has 1 aromatic rings. The van der Waals surface area contributed by atoms with E-state index in [1.54, 1.807) is 25.2 Å². The van der Waals surface area contributed by atoms with E-state index in [1.165, 1.54) is 10.4 Å². The number of sulfonamides is 1. The quantitative estimate of drug-likeness (QED) is 0.782. The van der Waals surface area contributed by atoms with Gasteiger partial charge in [-0.25, -0.2) is 12.7 Å². The van der Waals surface area contributed by atoms with Crippen molar-refractivity contribution in [3.05, 3.63) is 29.8 Å². The molecule has 1 N–H and O–H groups in total. The van der Waals surface area contributed by atoms with E-state index in [9.17, 15) is 8.42 Å². The van der Waals surface area contributed by atoms with Crippen LogP contribution in [0.4, 0.5) is 0 Å². The summed E-state index contributed by atoms with van der Waals surface area (Å²) in [5.74, 6) is 5.23. The number of hydrogen-bond donors (Lipinski definition) is 1. The Labute approximate surface area is 127 Å².